The van der Waals surface area contributed by atoms with Gasteiger partial charge in [0.05, 0.1) is 17.1 Å². The van der Waals surface area contributed by atoms with Crippen molar-refractivity contribution in [2.24, 2.45) is 0 Å². The molecule has 0 aromatic carbocycles. The lowest BCUT2D eigenvalue weighted by molar-refractivity contribution is -0.121. The first kappa shape index (κ1) is 13.3. The van der Waals surface area contributed by atoms with Gasteiger partial charge in [0, 0.05) is 36.8 Å². The molecule has 1 atom stereocenters. The van der Waals surface area contributed by atoms with Crippen molar-refractivity contribution >= 4 is 17.2 Å². The minimum Gasteiger partial charge on any atom is -0.351 e. The zero-order valence-corrected chi connectivity index (χ0v) is 12.3. The summed E-state index contributed by atoms with van der Waals surface area (Å²) in [6.07, 6.45) is 6.99. The van der Waals surface area contributed by atoms with E-state index in [0.29, 0.717) is 6.42 Å². The van der Waals surface area contributed by atoms with E-state index in [2.05, 4.69) is 26.8 Å². The molecule has 5 nitrogen and oxygen atoms in total. The van der Waals surface area contributed by atoms with Gasteiger partial charge in [0.1, 0.15) is 5.82 Å². The van der Waals surface area contributed by atoms with E-state index in [-0.39, 0.29) is 11.9 Å². The molecule has 2 aromatic rings. The lowest BCUT2D eigenvalue weighted by atomic mass is 10.1. The summed E-state index contributed by atoms with van der Waals surface area (Å²) in [5.41, 5.74) is 0.878. The Bertz CT molecular complexity index is 604. The van der Waals surface area contributed by atoms with Gasteiger partial charge in [0.15, 0.2) is 0 Å². The van der Waals surface area contributed by atoms with E-state index < -0.39 is 0 Å². The standard InChI is InChI=1S/C14H18N4OS/c1-2-14-17-11(9-20-14)7-13(19)16-10-3-4-12-15-5-6-18(12)8-10/h5-6,9-10H,2-4,7-8H2,1H3,(H,16,19). The Morgan fingerprint density at radius 2 is 2.50 bits per heavy atom. The number of fused-ring (bicyclic) bond motifs is 1. The highest BCUT2D eigenvalue weighted by molar-refractivity contribution is 7.09. The summed E-state index contributed by atoms with van der Waals surface area (Å²) in [6, 6.07) is 0.202. The number of hydrogen-bond donors (Lipinski definition) is 1. The van der Waals surface area contributed by atoms with E-state index in [4.69, 9.17) is 0 Å². The molecular formula is C14H18N4OS. The Morgan fingerprint density at radius 3 is 3.30 bits per heavy atom. The largest absolute Gasteiger partial charge is 0.351 e. The maximum absolute atomic E-state index is 12.1. The van der Waals surface area contributed by atoms with Gasteiger partial charge in [-0.2, -0.15) is 0 Å². The molecular weight excluding hydrogens is 272 g/mol. The van der Waals surface area contributed by atoms with Crippen LogP contribution < -0.4 is 5.32 Å². The number of aryl methyl sites for hydroxylation is 2. The summed E-state index contributed by atoms with van der Waals surface area (Å²) < 4.78 is 2.12. The molecule has 20 heavy (non-hydrogen) atoms. The number of carbonyl (C=O) groups is 1. The van der Waals surface area contributed by atoms with Gasteiger partial charge in [0.2, 0.25) is 5.91 Å². The number of imidazole rings is 1. The molecule has 3 heterocycles. The molecule has 0 radical (unpaired) electrons. The molecule has 1 N–H and O–H groups in total. The first-order chi connectivity index (χ1) is 9.74. The molecule has 1 aliphatic heterocycles. The van der Waals surface area contributed by atoms with Gasteiger partial charge in [0.25, 0.3) is 0 Å². The van der Waals surface area contributed by atoms with E-state index in [1.807, 2.05) is 17.8 Å². The van der Waals surface area contributed by atoms with Gasteiger partial charge in [-0.15, -0.1) is 11.3 Å². The van der Waals surface area contributed by atoms with Crippen molar-refractivity contribution in [1.82, 2.24) is 19.9 Å². The Labute approximate surface area is 122 Å². The van der Waals surface area contributed by atoms with Crippen molar-refractivity contribution in [3.8, 4) is 0 Å². The topological polar surface area (TPSA) is 59.8 Å². The first-order valence-corrected chi connectivity index (χ1v) is 7.85. The van der Waals surface area contributed by atoms with Gasteiger partial charge < -0.3 is 9.88 Å². The second-order valence-electron chi connectivity index (χ2n) is 5.06. The number of nitrogens with one attached hydrogen (secondary N) is 1. The van der Waals surface area contributed by atoms with Crippen molar-refractivity contribution in [3.05, 3.63) is 34.3 Å². The average Bonchev–Trinajstić information content (AvgIpc) is 3.06. The molecule has 106 valence electrons. The van der Waals surface area contributed by atoms with Crippen LogP contribution in [0.3, 0.4) is 0 Å². The maximum Gasteiger partial charge on any atom is 0.226 e. The number of rotatable bonds is 4. The third kappa shape index (κ3) is 2.90. The maximum atomic E-state index is 12.1. The van der Waals surface area contributed by atoms with Crippen LogP contribution in [-0.2, 0) is 30.6 Å². The third-order valence-corrected chi connectivity index (χ3v) is 4.59. The molecule has 0 saturated carbocycles. The highest BCUT2D eigenvalue weighted by Gasteiger charge is 2.20. The third-order valence-electron chi connectivity index (χ3n) is 3.54. The predicted octanol–water partition coefficient (Wildman–Crippen LogP) is 1.58. The summed E-state index contributed by atoms with van der Waals surface area (Å²) in [5.74, 6) is 1.18. The molecule has 1 aliphatic rings. The Kier molecular flexibility index (Phi) is 3.82. The van der Waals surface area contributed by atoms with Gasteiger partial charge in [-0.1, -0.05) is 6.92 Å². The minimum absolute atomic E-state index is 0.0616. The summed E-state index contributed by atoms with van der Waals surface area (Å²) in [7, 11) is 0. The molecule has 0 fully saturated rings. The van der Waals surface area contributed by atoms with E-state index in [9.17, 15) is 4.79 Å². The second-order valence-corrected chi connectivity index (χ2v) is 6.00. The van der Waals surface area contributed by atoms with Crippen molar-refractivity contribution in [1.29, 1.82) is 0 Å². The molecule has 0 bridgehead atoms. The van der Waals surface area contributed by atoms with E-state index in [0.717, 1.165) is 42.3 Å². The first-order valence-electron chi connectivity index (χ1n) is 6.97. The minimum atomic E-state index is 0.0616. The van der Waals surface area contributed by atoms with E-state index in [1.54, 1.807) is 11.3 Å². The predicted molar refractivity (Wildman–Crippen MR) is 77.7 cm³/mol. The number of carbonyl (C=O) groups excluding carboxylic acids is 1. The number of hydrogen-bond acceptors (Lipinski definition) is 4. The number of aromatic nitrogens is 3. The quantitative estimate of drug-likeness (QED) is 0.930. The summed E-state index contributed by atoms with van der Waals surface area (Å²) in [4.78, 5) is 20.8. The van der Waals surface area contributed by atoms with Crippen LogP contribution in [0.4, 0.5) is 0 Å². The van der Waals surface area contributed by atoms with Crippen LogP contribution in [-0.4, -0.2) is 26.5 Å². The summed E-state index contributed by atoms with van der Waals surface area (Å²) in [6.45, 7) is 2.89. The number of thiazole rings is 1. The van der Waals surface area contributed by atoms with Gasteiger partial charge in [-0.3, -0.25) is 4.79 Å². The number of amides is 1. The van der Waals surface area contributed by atoms with Crippen molar-refractivity contribution < 1.29 is 4.79 Å². The molecule has 2 aromatic heterocycles. The number of nitrogens with zero attached hydrogens (tertiary/aromatic N) is 3. The van der Waals surface area contributed by atoms with Gasteiger partial charge in [-0.25, -0.2) is 9.97 Å². The normalized spacial score (nSPS) is 17.8. The molecule has 1 unspecified atom stereocenters. The van der Waals surface area contributed by atoms with E-state index >= 15 is 0 Å². The second kappa shape index (κ2) is 5.75. The molecule has 0 aliphatic carbocycles. The van der Waals surface area contributed by atoms with Crippen LogP contribution in [0.2, 0.25) is 0 Å². The lowest BCUT2D eigenvalue weighted by Gasteiger charge is -2.24. The zero-order chi connectivity index (χ0) is 13.9. The molecule has 0 spiro atoms. The smallest absolute Gasteiger partial charge is 0.226 e. The van der Waals surface area contributed by atoms with Crippen molar-refractivity contribution in [2.45, 2.75) is 45.2 Å². The lowest BCUT2D eigenvalue weighted by Crippen LogP contribution is -2.41. The van der Waals surface area contributed by atoms with Crippen LogP contribution >= 0.6 is 11.3 Å². The van der Waals surface area contributed by atoms with Gasteiger partial charge in [-0.05, 0) is 12.8 Å². The fourth-order valence-electron chi connectivity index (χ4n) is 2.52. The summed E-state index contributed by atoms with van der Waals surface area (Å²) >= 11 is 1.63. The SMILES string of the molecule is CCc1nc(CC(=O)NC2CCc3nccn3C2)cs1. The zero-order valence-electron chi connectivity index (χ0n) is 11.5. The molecule has 0 saturated heterocycles. The van der Waals surface area contributed by atoms with Crippen LogP contribution in [0.15, 0.2) is 17.8 Å². The van der Waals surface area contributed by atoms with Crippen LogP contribution in [0.1, 0.15) is 29.9 Å². The van der Waals surface area contributed by atoms with Crippen LogP contribution in [0.25, 0.3) is 0 Å². The Hall–Kier alpha value is -1.69. The van der Waals surface area contributed by atoms with Crippen LogP contribution in [0.5, 0.6) is 0 Å². The van der Waals surface area contributed by atoms with Crippen molar-refractivity contribution in [3.63, 3.8) is 0 Å². The fraction of sp³-hybridized carbons (Fsp3) is 0.500. The fourth-order valence-corrected chi connectivity index (χ4v) is 3.26. The molecule has 3 rings (SSSR count). The Balaban J connectivity index is 1.54. The van der Waals surface area contributed by atoms with E-state index in [1.165, 1.54) is 0 Å². The monoisotopic (exact) mass is 290 g/mol. The van der Waals surface area contributed by atoms with Gasteiger partial charge >= 0.3 is 0 Å². The van der Waals surface area contributed by atoms with Crippen LogP contribution in [0, 0.1) is 0 Å². The molecule has 6 heteroatoms. The highest BCUT2D eigenvalue weighted by Crippen LogP contribution is 2.14. The van der Waals surface area contributed by atoms with Crippen molar-refractivity contribution in [2.75, 3.05) is 0 Å². The Morgan fingerprint density at radius 1 is 1.60 bits per heavy atom. The molecule has 1 amide bonds. The average molecular weight is 290 g/mol. The summed E-state index contributed by atoms with van der Waals surface area (Å²) in [5, 5.41) is 6.17. The highest BCUT2D eigenvalue weighted by atomic mass is 32.1.